The van der Waals surface area contributed by atoms with Gasteiger partial charge in [0.25, 0.3) is 5.91 Å². The van der Waals surface area contributed by atoms with Gasteiger partial charge in [-0.05, 0) is 61.3 Å². The molecule has 1 aliphatic heterocycles. The summed E-state index contributed by atoms with van der Waals surface area (Å²) in [5.41, 5.74) is 7.05. The van der Waals surface area contributed by atoms with E-state index in [1.54, 1.807) is 17.3 Å². The van der Waals surface area contributed by atoms with E-state index in [2.05, 4.69) is 24.1 Å². The molecule has 0 saturated carbocycles. The number of hydrogen-bond donors (Lipinski definition) is 2. The maximum atomic E-state index is 13.6. The van der Waals surface area contributed by atoms with E-state index in [1.807, 2.05) is 42.5 Å². The molecule has 1 aromatic heterocycles. The van der Waals surface area contributed by atoms with Crippen LogP contribution >= 0.6 is 0 Å². The van der Waals surface area contributed by atoms with Crippen molar-refractivity contribution in [3.05, 3.63) is 66.0 Å². The summed E-state index contributed by atoms with van der Waals surface area (Å²) in [5.74, 6) is 0.528. The van der Waals surface area contributed by atoms with Gasteiger partial charge in [0.15, 0.2) is 17.3 Å². The summed E-state index contributed by atoms with van der Waals surface area (Å²) in [7, 11) is 1.27. The molecule has 1 aromatic carbocycles. The number of ketones is 1. The highest BCUT2D eigenvalue weighted by Gasteiger charge is 2.48. The van der Waals surface area contributed by atoms with Crippen molar-refractivity contribution in [3.8, 4) is 0 Å². The highest BCUT2D eigenvalue weighted by molar-refractivity contribution is 6.07. The molecule has 38 heavy (non-hydrogen) atoms. The summed E-state index contributed by atoms with van der Waals surface area (Å²) in [6, 6.07) is 12.6. The molecule has 0 radical (unpaired) electrons. The molecule has 3 N–H and O–H groups in total. The van der Waals surface area contributed by atoms with E-state index in [0.29, 0.717) is 44.6 Å². The van der Waals surface area contributed by atoms with Crippen molar-refractivity contribution >= 4 is 23.7 Å². The maximum Gasteiger partial charge on any atom is 0.407 e. The number of carbonyl (C=O) groups excluding carboxylic acids is 3. The van der Waals surface area contributed by atoms with Crippen LogP contribution in [0.2, 0.25) is 0 Å². The fourth-order valence-corrected chi connectivity index (χ4v) is 4.68. The second kappa shape index (κ2) is 13.7. The molecule has 0 bridgehead atoms. The zero-order valence-electron chi connectivity index (χ0n) is 22.6. The van der Waals surface area contributed by atoms with Gasteiger partial charge in [0.05, 0.1) is 13.2 Å². The molecular weight excluding hydrogens is 482 g/mol. The van der Waals surface area contributed by atoms with Crippen molar-refractivity contribution in [1.29, 1.82) is 0 Å². The molecule has 0 saturated heterocycles. The van der Waals surface area contributed by atoms with Gasteiger partial charge in [0.1, 0.15) is 0 Å². The van der Waals surface area contributed by atoms with Crippen LogP contribution in [0.15, 0.2) is 59.9 Å². The zero-order chi connectivity index (χ0) is 27.5. The molecule has 1 aliphatic rings. The first kappa shape index (κ1) is 28.8. The average molecular weight is 522 g/mol. The Morgan fingerprint density at radius 2 is 1.79 bits per heavy atom. The Hall–Kier alpha value is -3.75. The number of methoxy groups -OCH3 is 1. The van der Waals surface area contributed by atoms with Crippen molar-refractivity contribution < 1.29 is 19.1 Å². The van der Waals surface area contributed by atoms with E-state index in [4.69, 9.17) is 15.5 Å². The van der Waals surface area contributed by atoms with Gasteiger partial charge >= 0.3 is 6.09 Å². The van der Waals surface area contributed by atoms with Gasteiger partial charge < -0.3 is 15.8 Å². The molecule has 1 unspecified atom stereocenters. The van der Waals surface area contributed by atoms with Gasteiger partial charge in [-0.2, -0.15) is 0 Å². The number of carbonyl (C=O) groups is 3. The predicted molar refractivity (Wildman–Crippen MR) is 146 cm³/mol. The Balaban J connectivity index is 1.55. The smallest absolute Gasteiger partial charge is 0.407 e. The van der Waals surface area contributed by atoms with Crippen LogP contribution in [-0.2, 0) is 26.3 Å². The van der Waals surface area contributed by atoms with Crippen LogP contribution in [0, 0.1) is 5.92 Å². The monoisotopic (exact) mass is 521 g/mol. The summed E-state index contributed by atoms with van der Waals surface area (Å²) in [6.45, 7) is 4.71. The molecular formula is C29H39N5O4. The number of Topliss-reactive ketones (excluding diaryl/α,β-unsaturated/α-hetero) is 1. The van der Waals surface area contributed by atoms with Crippen molar-refractivity contribution in [2.24, 2.45) is 16.6 Å². The van der Waals surface area contributed by atoms with Crippen LogP contribution in [-0.4, -0.2) is 53.3 Å². The third kappa shape index (κ3) is 7.40. The highest BCUT2D eigenvalue weighted by atomic mass is 16.5. The molecule has 2 heterocycles. The van der Waals surface area contributed by atoms with Crippen LogP contribution in [0.5, 0.6) is 0 Å². The summed E-state index contributed by atoms with van der Waals surface area (Å²) < 4.78 is 4.69. The minimum atomic E-state index is -0.981. The molecule has 9 heteroatoms. The minimum absolute atomic E-state index is 0.0673. The van der Waals surface area contributed by atoms with Crippen molar-refractivity contribution in [3.63, 3.8) is 0 Å². The molecule has 0 aliphatic carbocycles. The molecule has 3 rings (SSSR count). The molecule has 2 aromatic rings. The molecule has 0 fully saturated rings. The second-order valence-electron chi connectivity index (χ2n) is 10.1. The first-order valence-electron chi connectivity index (χ1n) is 13.3. The van der Waals surface area contributed by atoms with Crippen molar-refractivity contribution in [2.45, 2.75) is 70.4 Å². The maximum absolute atomic E-state index is 13.6. The van der Waals surface area contributed by atoms with E-state index in [-0.39, 0.29) is 17.6 Å². The van der Waals surface area contributed by atoms with E-state index in [0.717, 1.165) is 24.0 Å². The largest absolute Gasteiger partial charge is 0.453 e. The van der Waals surface area contributed by atoms with Crippen LogP contribution in [0.4, 0.5) is 4.79 Å². The third-order valence-electron chi connectivity index (χ3n) is 6.88. The number of unbranched alkanes of at least 4 members (excludes halogenated alkanes) is 2. The number of aliphatic imine (C=N–C) groups is 1. The van der Waals surface area contributed by atoms with Gasteiger partial charge in [-0.3, -0.25) is 19.5 Å². The molecule has 204 valence electrons. The van der Waals surface area contributed by atoms with Crippen LogP contribution in [0.25, 0.3) is 0 Å². The number of alkyl carbamates (subject to hydrolysis) is 1. The number of nitrogens with zero attached hydrogens (tertiary/aromatic N) is 3. The Kier molecular flexibility index (Phi) is 10.4. The van der Waals surface area contributed by atoms with Crippen LogP contribution in [0.1, 0.15) is 63.5 Å². The molecule has 9 nitrogen and oxygen atoms in total. The quantitative estimate of drug-likeness (QED) is 0.362. The number of guanidine groups is 1. The Morgan fingerprint density at radius 1 is 1.08 bits per heavy atom. The lowest BCUT2D eigenvalue weighted by molar-refractivity contribution is -0.132. The number of pyridine rings is 1. The number of benzene rings is 1. The lowest BCUT2D eigenvalue weighted by atomic mass is 9.83. The van der Waals surface area contributed by atoms with Gasteiger partial charge in [-0.15, -0.1) is 0 Å². The SMILES string of the molecule is COC(=O)N[C@@H](Cc1ccncc1)C(=O)CCCCCN1C(=O)C(CCC(C)C)(c2ccccc2)N=C1N. The second-order valence-corrected chi connectivity index (χ2v) is 10.1. The summed E-state index contributed by atoms with van der Waals surface area (Å²) >= 11 is 0. The fourth-order valence-electron chi connectivity index (χ4n) is 4.68. The van der Waals surface area contributed by atoms with Gasteiger partial charge in [-0.25, -0.2) is 9.79 Å². The van der Waals surface area contributed by atoms with Gasteiger partial charge in [0, 0.05) is 25.4 Å². The van der Waals surface area contributed by atoms with Crippen LogP contribution in [0.3, 0.4) is 0 Å². The summed E-state index contributed by atoms with van der Waals surface area (Å²) in [5, 5.41) is 2.64. The topological polar surface area (TPSA) is 127 Å². The lowest BCUT2D eigenvalue weighted by Gasteiger charge is -2.27. The van der Waals surface area contributed by atoms with Gasteiger partial charge in [0.2, 0.25) is 0 Å². The molecule has 2 atom stereocenters. The van der Waals surface area contributed by atoms with Crippen LogP contribution < -0.4 is 11.1 Å². The minimum Gasteiger partial charge on any atom is -0.453 e. The summed E-state index contributed by atoms with van der Waals surface area (Å²) in [6.07, 6.45) is 6.83. The highest BCUT2D eigenvalue weighted by Crippen LogP contribution is 2.38. The third-order valence-corrected chi connectivity index (χ3v) is 6.88. The van der Waals surface area contributed by atoms with Gasteiger partial charge in [-0.1, -0.05) is 50.6 Å². The molecule has 2 amide bonds. The number of aromatic nitrogens is 1. The average Bonchev–Trinajstić information content (AvgIpc) is 3.17. The zero-order valence-corrected chi connectivity index (χ0v) is 22.6. The standard InChI is InChI=1S/C29H39N5O4/c1-21(2)13-16-29(23-10-6-4-7-11-23)26(36)34(27(30)33-29)19-9-5-8-12-25(35)24(32-28(37)38-3)20-22-14-17-31-18-15-22/h4,6-7,10-11,14-15,17-18,21,24H,5,8-9,12-13,16,19-20H2,1-3H3,(H2,30,33)(H,32,37)/t24-,29?/m0/s1. The summed E-state index contributed by atoms with van der Waals surface area (Å²) in [4.78, 5) is 48.6. The van der Waals surface area contributed by atoms with E-state index < -0.39 is 17.7 Å². The number of amides is 2. The number of hydrogen-bond acceptors (Lipinski definition) is 7. The van der Waals surface area contributed by atoms with Crippen molar-refractivity contribution in [2.75, 3.05) is 13.7 Å². The normalized spacial score (nSPS) is 17.8. The Bertz CT molecular complexity index is 1110. The number of nitrogens with one attached hydrogen (secondary N) is 1. The van der Waals surface area contributed by atoms with E-state index in [1.165, 1.54) is 7.11 Å². The predicted octanol–water partition coefficient (Wildman–Crippen LogP) is 3.97. The number of nitrogens with two attached hydrogens (primary N) is 1. The Labute approximate surface area is 224 Å². The fraction of sp³-hybridized carbons (Fsp3) is 0.483. The lowest BCUT2D eigenvalue weighted by Crippen LogP contribution is -2.43. The molecule has 0 spiro atoms. The first-order chi connectivity index (χ1) is 18.3. The van der Waals surface area contributed by atoms with Crippen molar-refractivity contribution in [1.82, 2.24) is 15.2 Å². The van der Waals surface area contributed by atoms with E-state index >= 15 is 0 Å². The van der Waals surface area contributed by atoms with E-state index in [9.17, 15) is 14.4 Å². The Morgan fingerprint density at radius 3 is 2.45 bits per heavy atom. The number of ether oxygens (including phenoxy) is 1. The first-order valence-corrected chi connectivity index (χ1v) is 13.3. The number of rotatable bonds is 14.